The molecule has 0 amide bonds. The quantitative estimate of drug-likeness (QED) is 0.683. The highest BCUT2D eigenvalue weighted by molar-refractivity contribution is 5.92. The van der Waals surface area contributed by atoms with Gasteiger partial charge in [-0.3, -0.25) is 0 Å². The predicted octanol–water partition coefficient (Wildman–Crippen LogP) is 4.80. The zero-order valence-corrected chi connectivity index (χ0v) is 11.7. The molecular formula is C16H22O. The smallest absolute Gasteiger partial charge is 0.129 e. The van der Waals surface area contributed by atoms with E-state index in [1.165, 1.54) is 27.5 Å². The standard InChI is InChI=1S/C14H16O.C2H6/c1-9-7-11(3)13-12(8-9)6-5-10(2)14(13)15-4;1-2/h5-8H,1-4H3;1-2H3. The minimum Gasteiger partial charge on any atom is -0.496 e. The van der Waals surface area contributed by atoms with E-state index in [0.29, 0.717) is 0 Å². The predicted molar refractivity (Wildman–Crippen MR) is 76.1 cm³/mol. The van der Waals surface area contributed by atoms with E-state index in [2.05, 4.69) is 45.0 Å². The molecule has 0 bridgehead atoms. The van der Waals surface area contributed by atoms with Gasteiger partial charge >= 0.3 is 0 Å². The molecule has 0 unspecified atom stereocenters. The maximum Gasteiger partial charge on any atom is 0.129 e. The third-order valence-corrected chi connectivity index (χ3v) is 2.81. The van der Waals surface area contributed by atoms with Crippen LogP contribution in [0.25, 0.3) is 10.8 Å². The number of benzene rings is 2. The van der Waals surface area contributed by atoms with Crippen molar-refractivity contribution >= 4 is 10.8 Å². The molecule has 0 spiro atoms. The summed E-state index contributed by atoms with van der Waals surface area (Å²) in [5.41, 5.74) is 3.77. The Morgan fingerprint density at radius 1 is 0.882 bits per heavy atom. The fourth-order valence-corrected chi connectivity index (χ4v) is 2.19. The van der Waals surface area contributed by atoms with Crippen molar-refractivity contribution in [2.75, 3.05) is 7.11 Å². The summed E-state index contributed by atoms with van der Waals surface area (Å²) in [7, 11) is 1.74. The van der Waals surface area contributed by atoms with Gasteiger partial charge in [0, 0.05) is 5.39 Å². The third kappa shape index (κ3) is 2.60. The van der Waals surface area contributed by atoms with Gasteiger partial charge in [-0.05, 0) is 37.3 Å². The van der Waals surface area contributed by atoms with Crippen molar-refractivity contribution in [2.24, 2.45) is 0 Å². The topological polar surface area (TPSA) is 9.23 Å². The number of hydrogen-bond donors (Lipinski definition) is 0. The Hall–Kier alpha value is -1.50. The van der Waals surface area contributed by atoms with Gasteiger partial charge in [-0.25, -0.2) is 0 Å². The average Bonchev–Trinajstić information content (AvgIpc) is 2.32. The summed E-state index contributed by atoms with van der Waals surface area (Å²) in [5.74, 6) is 1.00. The first kappa shape index (κ1) is 13.6. The molecule has 0 atom stereocenters. The molecule has 92 valence electrons. The number of ether oxygens (including phenoxy) is 1. The van der Waals surface area contributed by atoms with Crippen molar-refractivity contribution in [3.05, 3.63) is 41.0 Å². The van der Waals surface area contributed by atoms with Crippen LogP contribution in [0.3, 0.4) is 0 Å². The number of aryl methyl sites for hydroxylation is 3. The van der Waals surface area contributed by atoms with E-state index in [1.807, 2.05) is 13.8 Å². The maximum absolute atomic E-state index is 5.48. The second-order valence-corrected chi connectivity index (χ2v) is 4.10. The van der Waals surface area contributed by atoms with E-state index in [9.17, 15) is 0 Å². The van der Waals surface area contributed by atoms with Gasteiger partial charge in [-0.1, -0.05) is 43.7 Å². The summed E-state index contributed by atoms with van der Waals surface area (Å²) in [5, 5.41) is 2.50. The molecule has 1 heteroatoms. The number of hydrogen-bond acceptors (Lipinski definition) is 1. The van der Waals surface area contributed by atoms with E-state index in [4.69, 9.17) is 4.74 Å². The van der Waals surface area contributed by atoms with E-state index in [1.54, 1.807) is 7.11 Å². The van der Waals surface area contributed by atoms with Gasteiger partial charge in [0.15, 0.2) is 0 Å². The highest BCUT2D eigenvalue weighted by atomic mass is 16.5. The fraction of sp³-hybridized carbons (Fsp3) is 0.375. The third-order valence-electron chi connectivity index (χ3n) is 2.81. The summed E-state index contributed by atoms with van der Waals surface area (Å²) < 4.78 is 5.48. The lowest BCUT2D eigenvalue weighted by atomic mass is 9.99. The highest BCUT2D eigenvalue weighted by Crippen LogP contribution is 2.32. The fourth-order valence-electron chi connectivity index (χ4n) is 2.19. The molecule has 0 fully saturated rings. The van der Waals surface area contributed by atoms with Crippen LogP contribution < -0.4 is 4.74 Å². The molecule has 0 aliphatic heterocycles. The van der Waals surface area contributed by atoms with Crippen molar-refractivity contribution in [2.45, 2.75) is 34.6 Å². The normalized spacial score (nSPS) is 9.76. The summed E-state index contributed by atoms with van der Waals surface area (Å²) in [6.07, 6.45) is 0. The zero-order chi connectivity index (χ0) is 13.0. The molecule has 0 N–H and O–H groups in total. The van der Waals surface area contributed by atoms with Crippen LogP contribution in [-0.4, -0.2) is 7.11 Å². The van der Waals surface area contributed by atoms with Crippen molar-refractivity contribution < 1.29 is 4.74 Å². The number of methoxy groups -OCH3 is 1. The zero-order valence-electron chi connectivity index (χ0n) is 11.7. The lowest BCUT2D eigenvalue weighted by Gasteiger charge is -2.12. The van der Waals surface area contributed by atoms with Crippen LogP contribution in [0.15, 0.2) is 24.3 Å². The molecule has 0 heterocycles. The molecule has 0 aromatic heterocycles. The van der Waals surface area contributed by atoms with Crippen molar-refractivity contribution in [3.63, 3.8) is 0 Å². The minimum absolute atomic E-state index is 1.00. The van der Waals surface area contributed by atoms with Crippen LogP contribution in [0.1, 0.15) is 30.5 Å². The lowest BCUT2D eigenvalue weighted by molar-refractivity contribution is 0.416. The number of fused-ring (bicyclic) bond motifs is 1. The Balaban J connectivity index is 0.000000686. The summed E-state index contributed by atoms with van der Waals surface area (Å²) in [6.45, 7) is 10.3. The van der Waals surface area contributed by atoms with Gasteiger partial charge in [0.2, 0.25) is 0 Å². The molecule has 0 aliphatic rings. The highest BCUT2D eigenvalue weighted by Gasteiger charge is 2.07. The Kier molecular flexibility index (Phi) is 4.56. The largest absolute Gasteiger partial charge is 0.496 e. The summed E-state index contributed by atoms with van der Waals surface area (Å²) >= 11 is 0. The van der Waals surface area contributed by atoms with Crippen LogP contribution in [0.4, 0.5) is 0 Å². The van der Waals surface area contributed by atoms with Crippen LogP contribution >= 0.6 is 0 Å². The van der Waals surface area contributed by atoms with Gasteiger partial charge in [0.1, 0.15) is 5.75 Å². The maximum atomic E-state index is 5.48. The molecule has 0 saturated heterocycles. The summed E-state index contributed by atoms with van der Waals surface area (Å²) in [6, 6.07) is 8.67. The average molecular weight is 230 g/mol. The van der Waals surface area contributed by atoms with Crippen LogP contribution in [0, 0.1) is 20.8 Å². The molecule has 0 saturated carbocycles. The first-order valence-corrected chi connectivity index (χ1v) is 6.18. The first-order chi connectivity index (χ1) is 8.13. The Morgan fingerprint density at radius 3 is 2.12 bits per heavy atom. The second-order valence-electron chi connectivity index (χ2n) is 4.10. The van der Waals surface area contributed by atoms with Gasteiger partial charge in [0.25, 0.3) is 0 Å². The number of rotatable bonds is 1. The minimum atomic E-state index is 1.00. The van der Waals surface area contributed by atoms with Crippen LogP contribution in [0.2, 0.25) is 0 Å². The van der Waals surface area contributed by atoms with E-state index in [-0.39, 0.29) is 0 Å². The van der Waals surface area contributed by atoms with Crippen molar-refractivity contribution in [1.29, 1.82) is 0 Å². The van der Waals surface area contributed by atoms with Gasteiger partial charge < -0.3 is 4.74 Å². The van der Waals surface area contributed by atoms with Crippen LogP contribution in [0.5, 0.6) is 5.75 Å². The lowest BCUT2D eigenvalue weighted by Crippen LogP contribution is -1.91. The molecule has 2 aromatic rings. The Labute approximate surface area is 104 Å². The molecule has 0 aliphatic carbocycles. The molecule has 17 heavy (non-hydrogen) atoms. The summed E-state index contributed by atoms with van der Waals surface area (Å²) in [4.78, 5) is 0. The first-order valence-electron chi connectivity index (χ1n) is 6.18. The van der Waals surface area contributed by atoms with Crippen molar-refractivity contribution in [1.82, 2.24) is 0 Å². The Bertz CT molecular complexity index is 512. The van der Waals surface area contributed by atoms with Gasteiger partial charge in [0.05, 0.1) is 7.11 Å². The molecule has 2 aromatic carbocycles. The Morgan fingerprint density at radius 2 is 1.53 bits per heavy atom. The van der Waals surface area contributed by atoms with E-state index in [0.717, 1.165) is 5.75 Å². The molecule has 2 rings (SSSR count). The van der Waals surface area contributed by atoms with E-state index < -0.39 is 0 Å². The molecular weight excluding hydrogens is 208 g/mol. The van der Waals surface area contributed by atoms with Gasteiger partial charge in [-0.15, -0.1) is 0 Å². The van der Waals surface area contributed by atoms with Gasteiger partial charge in [-0.2, -0.15) is 0 Å². The molecule has 1 nitrogen and oxygen atoms in total. The molecule has 0 radical (unpaired) electrons. The second kappa shape index (κ2) is 5.72. The van der Waals surface area contributed by atoms with Crippen LogP contribution in [-0.2, 0) is 0 Å². The van der Waals surface area contributed by atoms with Crippen molar-refractivity contribution in [3.8, 4) is 5.75 Å². The van der Waals surface area contributed by atoms with E-state index >= 15 is 0 Å². The SMILES string of the molecule is CC.COc1c(C)ccc2cc(C)cc(C)c12. The monoisotopic (exact) mass is 230 g/mol.